The summed E-state index contributed by atoms with van der Waals surface area (Å²) in [5.74, 6) is -0.407. The first-order valence-electron chi connectivity index (χ1n) is 8.63. The number of thiazole rings is 1. The second kappa shape index (κ2) is 6.85. The minimum Gasteiger partial charge on any atom is -0.345 e. The Morgan fingerprint density at radius 2 is 2.00 bits per heavy atom. The van der Waals surface area contributed by atoms with Crippen LogP contribution in [-0.2, 0) is 12.8 Å². The maximum absolute atomic E-state index is 12.9. The zero-order valence-corrected chi connectivity index (χ0v) is 15.9. The van der Waals surface area contributed by atoms with E-state index in [0.717, 1.165) is 36.9 Å². The highest BCUT2D eigenvalue weighted by atomic mass is 35.5. The normalized spacial score (nSPS) is 14.8. The summed E-state index contributed by atoms with van der Waals surface area (Å²) < 4.78 is 1.63. The third kappa shape index (κ3) is 3.04. The predicted octanol–water partition coefficient (Wildman–Crippen LogP) is 3.78. The number of hydrogen-bond acceptors (Lipinski definition) is 4. The number of aromatic nitrogens is 2. The molecule has 134 valence electrons. The number of aryl methyl sites for hydroxylation is 2. The molecule has 3 aromatic rings. The summed E-state index contributed by atoms with van der Waals surface area (Å²) in [7, 11) is 0. The van der Waals surface area contributed by atoms with Gasteiger partial charge in [0.05, 0.1) is 6.04 Å². The topological polar surface area (TPSA) is 63.5 Å². The number of hydrogen-bond donors (Lipinski definition) is 1. The zero-order chi connectivity index (χ0) is 18.3. The van der Waals surface area contributed by atoms with Crippen molar-refractivity contribution in [1.82, 2.24) is 14.7 Å². The van der Waals surface area contributed by atoms with Crippen molar-refractivity contribution >= 4 is 33.8 Å². The van der Waals surface area contributed by atoms with Crippen molar-refractivity contribution in [3.63, 3.8) is 0 Å². The Kier molecular flexibility index (Phi) is 4.54. The third-order valence-electron chi connectivity index (χ3n) is 4.76. The van der Waals surface area contributed by atoms with Gasteiger partial charge in [-0.1, -0.05) is 23.7 Å². The number of nitrogens with one attached hydrogen (secondary N) is 1. The van der Waals surface area contributed by atoms with Gasteiger partial charge < -0.3 is 5.32 Å². The van der Waals surface area contributed by atoms with Gasteiger partial charge in [0, 0.05) is 21.8 Å². The smallest absolute Gasteiger partial charge is 0.271 e. The van der Waals surface area contributed by atoms with Crippen molar-refractivity contribution in [1.29, 1.82) is 0 Å². The minimum atomic E-state index is -0.407. The lowest BCUT2D eigenvalue weighted by Gasteiger charge is -2.14. The van der Waals surface area contributed by atoms with Crippen molar-refractivity contribution < 1.29 is 4.79 Å². The number of halogens is 1. The Bertz CT molecular complexity index is 1040. The van der Waals surface area contributed by atoms with Crippen LogP contribution in [0.2, 0.25) is 5.02 Å². The fourth-order valence-electron chi connectivity index (χ4n) is 3.33. The molecular weight excluding hydrogens is 370 g/mol. The largest absolute Gasteiger partial charge is 0.345 e. The number of carbonyl (C=O) groups excluding carboxylic acids is 1. The Morgan fingerprint density at radius 3 is 2.77 bits per heavy atom. The molecule has 0 saturated carbocycles. The Labute approximate surface area is 159 Å². The Balaban J connectivity index is 1.65. The van der Waals surface area contributed by atoms with Gasteiger partial charge in [-0.15, -0.1) is 11.3 Å². The first-order valence-corrected chi connectivity index (χ1v) is 9.82. The average Bonchev–Trinajstić information content (AvgIpc) is 3.01. The van der Waals surface area contributed by atoms with Crippen LogP contribution in [0.1, 0.15) is 52.3 Å². The van der Waals surface area contributed by atoms with E-state index in [1.807, 2.05) is 19.1 Å². The summed E-state index contributed by atoms with van der Waals surface area (Å²) in [6.45, 7) is 1.87. The molecule has 0 spiro atoms. The molecule has 1 aliphatic carbocycles. The lowest BCUT2D eigenvalue weighted by Crippen LogP contribution is -2.33. The summed E-state index contributed by atoms with van der Waals surface area (Å²) in [5, 5.41) is 3.52. The highest BCUT2D eigenvalue weighted by molar-refractivity contribution is 7.17. The molecule has 2 aromatic heterocycles. The van der Waals surface area contributed by atoms with Crippen LogP contribution in [0, 0.1) is 0 Å². The van der Waals surface area contributed by atoms with Gasteiger partial charge in [-0.2, -0.15) is 0 Å². The fraction of sp³-hybridized carbons (Fsp3) is 0.316. The van der Waals surface area contributed by atoms with Gasteiger partial charge in [-0.25, -0.2) is 4.98 Å². The molecule has 1 N–H and O–H groups in total. The van der Waals surface area contributed by atoms with E-state index in [0.29, 0.717) is 9.98 Å². The summed E-state index contributed by atoms with van der Waals surface area (Å²) in [4.78, 5) is 31.8. The summed E-state index contributed by atoms with van der Waals surface area (Å²) in [5.41, 5.74) is 1.74. The Morgan fingerprint density at radius 1 is 1.27 bits per heavy atom. The van der Waals surface area contributed by atoms with Gasteiger partial charge in [0.2, 0.25) is 0 Å². The molecule has 2 heterocycles. The first kappa shape index (κ1) is 17.2. The molecule has 0 radical (unpaired) electrons. The van der Waals surface area contributed by atoms with E-state index >= 15 is 0 Å². The van der Waals surface area contributed by atoms with Crippen molar-refractivity contribution in [3.05, 3.63) is 67.5 Å². The number of benzene rings is 1. The van der Waals surface area contributed by atoms with Crippen molar-refractivity contribution in [2.24, 2.45) is 0 Å². The predicted molar refractivity (Wildman–Crippen MR) is 103 cm³/mol. The van der Waals surface area contributed by atoms with Gasteiger partial charge in [0.25, 0.3) is 11.5 Å². The molecule has 0 bridgehead atoms. The van der Waals surface area contributed by atoms with Gasteiger partial charge in [0.1, 0.15) is 5.56 Å². The SMILES string of the molecule is C[C@@H](NC(=O)c1cnc2sc3c(n2c1=O)CCCC3)c1ccc(Cl)cc1. The van der Waals surface area contributed by atoms with E-state index < -0.39 is 5.91 Å². The molecule has 0 saturated heterocycles. The molecule has 5 nitrogen and oxygen atoms in total. The van der Waals surface area contributed by atoms with Gasteiger partial charge >= 0.3 is 0 Å². The lowest BCUT2D eigenvalue weighted by molar-refractivity contribution is 0.0938. The third-order valence-corrected chi connectivity index (χ3v) is 6.17. The number of amides is 1. The van der Waals surface area contributed by atoms with E-state index in [9.17, 15) is 9.59 Å². The summed E-state index contributed by atoms with van der Waals surface area (Å²) >= 11 is 7.46. The molecule has 0 fully saturated rings. The molecule has 1 atom stereocenters. The van der Waals surface area contributed by atoms with E-state index in [1.165, 1.54) is 11.1 Å². The zero-order valence-electron chi connectivity index (χ0n) is 14.3. The standard InChI is InChI=1S/C19H18ClN3O2S/c1-11(12-6-8-13(20)9-7-12)22-17(24)14-10-21-19-23(18(14)25)15-4-2-3-5-16(15)26-19/h6-11H,2-5H2,1H3,(H,22,24)/t11-/m1/s1. The highest BCUT2D eigenvalue weighted by Gasteiger charge is 2.22. The lowest BCUT2D eigenvalue weighted by atomic mass is 10.0. The van der Waals surface area contributed by atoms with Crippen molar-refractivity contribution in [3.8, 4) is 0 Å². The molecule has 4 rings (SSSR count). The van der Waals surface area contributed by atoms with Crippen LogP contribution < -0.4 is 10.9 Å². The highest BCUT2D eigenvalue weighted by Crippen LogP contribution is 2.28. The van der Waals surface area contributed by atoms with E-state index in [1.54, 1.807) is 27.9 Å². The number of rotatable bonds is 3. The molecule has 0 unspecified atom stereocenters. The van der Waals surface area contributed by atoms with E-state index in [4.69, 9.17) is 11.6 Å². The fourth-order valence-corrected chi connectivity index (χ4v) is 4.63. The maximum atomic E-state index is 12.9. The van der Waals surface area contributed by atoms with E-state index in [-0.39, 0.29) is 17.2 Å². The van der Waals surface area contributed by atoms with Crippen LogP contribution in [0.5, 0.6) is 0 Å². The molecule has 1 aliphatic rings. The molecule has 1 aromatic carbocycles. The summed E-state index contributed by atoms with van der Waals surface area (Å²) in [6.07, 6.45) is 5.44. The minimum absolute atomic E-state index is 0.0782. The van der Waals surface area contributed by atoms with Crippen LogP contribution in [-0.4, -0.2) is 15.3 Å². The molecule has 0 aliphatic heterocycles. The van der Waals surface area contributed by atoms with Crippen LogP contribution >= 0.6 is 22.9 Å². The maximum Gasteiger partial charge on any atom is 0.271 e. The van der Waals surface area contributed by atoms with E-state index in [2.05, 4.69) is 10.3 Å². The van der Waals surface area contributed by atoms with Gasteiger partial charge in [-0.3, -0.25) is 14.0 Å². The van der Waals surface area contributed by atoms with Crippen molar-refractivity contribution in [2.75, 3.05) is 0 Å². The van der Waals surface area contributed by atoms with Gasteiger partial charge in [0.15, 0.2) is 4.96 Å². The quantitative estimate of drug-likeness (QED) is 0.743. The second-order valence-electron chi connectivity index (χ2n) is 6.52. The molecule has 7 heteroatoms. The van der Waals surface area contributed by atoms with Crippen LogP contribution in [0.25, 0.3) is 4.96 Å². The molecule has 26 heavy (non-hydrogen) atoms. The van der Waals surface area contributed by atoms with Crippen LogP contribution in [0.3, 0.4) is 0 Å². The monoisotopic (exact) mass is 387 g/mol. The van der Waals surface area contributed by atoms with Gasteiger partial charge in [-0.05, 0) is 50.3 Å². The number of carbonyl (C=O) groups is 1. The average molecular weight is 388 g/mol. The molecular formula is C19H18ClN3O2S. The molecule has 1 amide bonds. The number of fused-ring (bicyclic) bond motifs is 3. The summed E-state index contributed by atoms with van der Waals surface area (Å²) in [6, 6.07) is 7.03. The van der Waals surface area contributed by atoms with Crippen molar-refractivity contribution in [2.45, 2.75) is 38.6 Å². The van der Waals surface area contributed by atoms with Crippen LogP contribution in [0.4, 0.5) is 0 Å². The first-order chi connectivity index (χ1) is 12.5. The van der Waals surface area contributed by atoms with Crippen LogP contribution in [0.15, 0.2) is 35.3 Å². The second-order valence-corrected chi connectivity index (χ2v) is 8.02. The number of nitrogens with zero attached hydrogens (tertiary/aromatic N) is 2. The Hall–Kier alpha value is -2.18.